The number of rotatable bonds is 4. The van der Waals surface area contributed by atoms with Crippen molar-refractivity contribution in [3.63, 3.8) is 0 Å². The van der Waals surface area contributed by atoms with Gasteiger partial charge in [-0.3, -0.25) is 0 Å². The number of carbonyl (C=O) groups is 2. The van der Waals surface area contributed by atoms with Crippen molar-refractivity contribution >= 4 is 12.0 Å². The number of ether oxygens (including phenoxy) is 1. The molecule has 0 bridgehead atoms. The summed E-state index contributed by atoms with van der Waals surface area (Å²) in [5.41, 5.74) is 0. The summed E-state index contributed by atoms with van der Waals surface area (Å²) in [6, 6.07) is -0.440. The first-order chi connectivity index (χ1) is 8.65. The third-order valence-corrected chi connectivity index (χ3v) is 3.34. The number of amides is 2. The molecule has 5 nitrogen and oxygen atoms in total. The SMILES string of the molecule is CCOC(=O)C1CCCCN1C(=O)N(CC)CC. The molecule has 0 saturated carbocycles. The summed E-state index contributed by atoms with van der Waals surface area (Å²) in [5.74, 6) is -0.266. The molecule has 104 valence electrons. The minimum Gasteiger partial charge on any atom is -0.464 e. The standard InChI is InChI=1S/C13H24N2O3/c1-4-14(5-2)13(17)15-10-8-7-9-11(15)12(16)18-6-3/h11H,4-10H2,1-3H3. The van der Waals surface area contributed by atoms with E-state index in [4.69, 9.17) is 4.74 Å². The maximum Gasteiger partial charge on any atom is 0.328 e. The van der Waals surface area contributed by atoms with Crippen molar-refractivity contribution in [1.29, 1.82) is 0 Å². The van der Waals surface area contributed by atoms with Gasteiger partial charge in [0, 0.05) is 19.6 Å². The molecular formula is C13H24N2O3. The summed E-state index contributed by atoms with van der Waals surface area (Å²) in [6.07, 6.45) is 2.65. The predicted octanol–water partition coefficient (Wildman–Crippen LogP) is 1.87. The van der Waals surface area contributed by atoms with E-state index in [0.29, 0.717) is 32.7 Å². The monoisotopic (exact) mass is 256 g/mol. The lowest BCUT2D eigenvalue weighted by Gasteiger charge is -2.37. The van der Waals surface area contributed by atoms with Crippen LogP contribution in [0.25, 0.3) is 0 Å². The normalized spacial score (nSPS) is 19.5. The van der Waals surface area contributed by atoms with Crippen LogP contribution in [-0.4, -0.2) is 54.1 Å². The van der Waals surface area contributed by atoms with Crippen LogP contribution in [-0.2, 0) is 9.53 Å². The molecule has 1 saturated heterocycles. The minimum atomic E-state index is -0.396. The average Bonchev–Trinajstić information content (AvgIpc) is 2.40. The first-order valence-electron chi connectivity index (χ1n) is 6.87. The molecule has 1 atom stereocenters. The van der Waals surface area contributed by atoms with Crippen LogP contribution in [0.2, 0.25) is 0 Å². The van der Waals surface area contributed by atoms with Crippen LogP contribution in [0, 0.1) is 0 Å². The summed E-state index contributed by atoms with van der Waals surface area (Å²) < 4.78 is 5.06. The Kier molecular flexibility index (Phi) is 5.95. The Bertz CT molecular complexity index is 290. The van der Waals surface area contributed by atoms with E-state index < -0.39 is 6.04 Å². The molecule has 0 aliphatic carbocycles. The molecule has 0 spiro atoms. The molecule has 1 heterocycles. The van der Waals surface area contributed by atoms with E-state index in [2.05, 4.69) is 0 Å². The lowest BCUT2D eigenvalue weighted by atomic mass is 10.0. The van der Waals surface area contributed by atoms with E-state index in [0.717, 1.165) is 12.8 Å². The van der Waals surface area contributed by atoms with Gasteiger partial charge in [-0.05, 0) is 40.0 Å². The molecule has 1 unspecified atom stereocenters. The molecule has 1 aliphatic rings. The van der Waals surface area contributed by atoms with E-state index in [-0.39, 0.29) is 12.0 Å². The van der Waals surface area contributed by atoms with Crippen molar-refractivity contribution in [2.75, 3.05) is 26.2 Å². The molecule has 0 aromatic carbocycles. The van der Waals surface area contributed by atoms with Crippen molar-refractivity contribution < 1.29 is 14.3 Å². The maximum atomic E-state index is 12.3. The quantitative estimate of drug-likeness (QED) is 0.721. The molecule has 0 aromatic heterocycles. The maximum absolute atomic E-state index is 12.3. The lowest BCUT2D eigenvalue weighted by Crippen LogP contribution is -2.53. The summed E-state index contributed by atoms with van der Waals surface area (Å²) in [6.45, 7) is 8.04. The first-order valence-corrected chi connectivity index (χ1v) is 6.87. The predicted molar refractivity (Wildman–Crippen MR) is 69.3 cm³/mol. The molecule has 1 aliphatic heterocycles. The van der Waals surface area contributed by atoms with Gasteiger partial charge in [0.15, 0.2) is 0 Å². The molecule has 1 fully saturated rings. The van der Waals surface area contributed by atoms with Gasteiger partial charge in [0.2, 0.25) is 0 Å². The Morgan fingerprint density at radius 1 is 1.22 bits per heavy atom. The number of esters is 1. The highest BCUT2D eigenvalue weighted by Gasteiger charge is 2.34. The van der Waals surface area contributed by atoms with Crippen molar-refractivity contribution in [3.8, 4) is 0 Å². The van der Waals surface area contributed by atoms with Gasteiger partial charge in [-0.1, -0.05) is 0 Å². The van der Waals surface area contributed by atoms with E-state index in [9.17, 15) is 9.59 Å². The average molecular weight is 256 g/mol. The number of nitrogens with zero attached hydrogens (tertiary/aromatic N) is 2. The number of hydrogen-bond donors (Lipinski definition) is 0. The second kappa shape index (κ2) is 7.24. The fourth-order valence-corrected chi connectivity index (χ4v) is 2.32. The second-order valence-corrected chi connectivity index (χ2v) is 4.41. The number of hydrogen-bond acceptors (Lipinski definition) is 3. The third kappa shape index (κ3) is 3.37. The van der Waals surface area contributed by atoms with Crippen LogP contribution in [0.1, 0.15) is 40.0 Å². The largest absolute Gasteiger partial charge is 0.464 e. The summed E-state index contributed by atoms with van der Waals surface area (Å²) >= 11 is 0. The van der Waals surface area contributed by atoms with E-state index in [1.54, 1.807) is 16.7 Å². The Morgan fingerprint density at radius 2 is 1.89 bits per heavy atom. The lowest BCUT2D eigenvalue weighted by molar-refractivity contribution is -0.149. The summed E-state index contributed by atoms with van der Waals surface area (Å²) in [4.78, 5) is 27.6. The van der Waals surface area contributed by atoms with E-state index in [1.165, 1.54) is 0 Å². The highest BCUT2D eigenvalue weighted by Crippen LogP contribution is 2.20. The molecule has 0 N–H and O–H groups in total. The number of likely N-dealkylation sites (tertiary alicyclic amines) is 1. The van der Waals surface area contributed by atoms with Crippen LogP contribution >= 0.6 is 0 Å². The van der Waals surface area contributed by atoms with Gasteiger partial charge in [-0.25, -0.2) is 9.59 Å². The Labute approximate surface area is 109 Å². The van der Waals surface area contributed by atoms with Gasteiger partial charge in [0.1, 0.15) is 6.04 Å². The van der Waals surface area contributed by atoms with Crippen molar-refractivity contribution in [1.82, 2.24) is 9.80 Å². The van der Waals surface area contributed by atoms with Crippen LogP contribution in [0.3, 0.4) is 0 Å². The fraction of sp³-hybridized carbons (Fsp3) is 0.846. The number of urea groups is 1. The number of piperidine rings is 1. The van der Waals surface area contributed by atoms with Gasteiger partial charge in [0.05, 0.1) is 6.61 Å². The first kappa shape index (κ1) is 14.8. The van der Waals surface area contributed by atoms with Crippen molar-refractivity contribution in [2.24, 2.45) is 0 Å². The van der Waals surface area contributed by atoms with Crippen LogP contribution in [0.4, 0.5) is 4.79 Å². The van der Waals surface area contributed by atoms with Crippen LogP contribution in [0.15, 0.2) is 0 Å². The molecule has 18 heavy (non-hydrogen) atoms. The molecule has 1 rings (SSSR count). The topological polar surface area (TPSA) is 49.9 Å². The van der Waals surface area contributed by atoms with Crippen molar-refractivity contribution in [2.45, 2.75) is 46.1 Å². The van der Waals surface area contributed by atoms with E-state index >= 15 is 0 Å². The van der Waals surface area contributed by atoms with Gasteiger partial charge < -0.3 is 14.5 Å². The van der Waals surface area contributed by atoms with Gasteiger partial charge in [-0.15, -0.1) is 0 Å². The van der Waals surface area contributed by atoms with Gasteiger partial charge in [-0.2, -0.15) is 0 Å². The zero-order valence-corrected chi connectivity index (χ0v) is 11.6. The minimum absolute atomic E-state index is 0.0437. The Morgan fingerprint density at radius 3 is 2.44 bits per heavy atom. The van der Waals surface area contributed by atoms with Crippen molar-refractivity contribution in [3.05, 3.63) is 0 Å². The van der Waals surface area contributed by atoms with Gasteiger partial charge in [0.25, 0.3) is 0 Å². The van der Waals surface area contributed by atoms with E-state index in [1.807, 2.05) is 13.8 Å². The summed E-state index contributed by atoms with van der Waals surface area (Å²) in [5, 5.41) is 0. The zero-order valence-electron chi connectivity index (χ0n) is 11.6. The highest BCUT2D eigenvalue weighted by molar-refractivity contribution is 5.84. The Hall–Kier alpha value is -1.26. The third-order valence-electron chi connectivity index (χ3n) is 3.34. The van der Waals surface area contributed by atoms with Gasteiger partial charge >= 0.3 is 12.0 Å². The summed E-state index contributed by atoms with van der Waals surface area (Å²) in [7, 11) is 0. The highest BCUT2D eigenvalue weighted by atomic mass is 16.5. The Balaban J connectivity index is 2.75. The number of carbonyl (C=O) groups excluding carboxylic acids is 2. The zero-order chi connectivity index (χ0) is 13.5. The van der Waals surface area contributed by atoms with Crippen LogP contribution in [0.5, 0.6) is 0 Å². The smallest absolute Gasteiger partial charge is 0.328 e. The molecular weight excluding hydrogens is 232 g/mol. The molecule has 2 amide bonds. The molecule has 0 aromatic rings. The molecule has 5 heteroatoms. The fourth-order valence-electron chi connectivity index (χ4n) is 2.32. The molecule has 0 radical (unpaired) electrons. The second-order valence-electron chi connectivity index (χ2n) is 4.41. The van der Waals surface area contributed by atoms with Crippen LogP contribution < -0.4 is 0 Å².